The van der Waals surface area contributed by atoms with Crippen molar-refractivity contribution in [2.45, 2.75) is 13.8 Å². The Labute approximate surface area is 144 Å². The van der Waals surface area contributed by atoms with Crippen LogP contribution in [0.5, 0.6) is 0 Å². The predicted octanol–water partition coefficient (Wildman–Crippen LogP) is 1.12. The van der Waals surface area contributed by atoms with Gasteiger partial charge < -0.3 is 10.2 Å². The number of hydrogen-bond donors (Lipinski definition) is 2. The van der Waals surface area contributed by atoms with Gasteiger partial charge in [-0.1, -0.05) is 12.1 Å². The molecule has 0 amide bonds. The van der Waals surface area contributed by atoms with Crippen LogP contribution in [0.25, 0.3) is 15.0 Å². The topological polar surface area (TPSA) is 74.6 Å². The average molecular weight is 342 g/mol. The van der Waals surface area contributed by atoms with Crippen LogP contribution >= 0.6 is 11.3 Å². The molecule has 7 heteroatoms. The number of thiazole rings is 1. The Hall–Kier alpha value is -2.43. The number of aromatic nitrogens is 2. The second kappa shape index (κ2) is 6.99. The van der Waals surface area contributed by atoms with E-state index in [2.05, 4.69) is 30.2 Å². The summed E-state index contributed by atoms with van der Waals surface area (Å²) in [5.41, 5.74) is 0.884. The van der Waals surface area contributed by atoms with Crippen LogP contribution in [0, 0.1) is 11.3 Å². The molecule has 0 atom stereocenters. The molecule has 2 aromatic heterocycles. The highest BCUT2D eigenvalue weighted by Crippen LogP contribution is 2.29. The smallest absolute Gasteiger partial charge is 0.355 e. The van der Waals surface area contributed by atoms with Crippen LogP contribution in [-0.2, 0) is 0 Å². The molecule has 0 aliphatic rings. The van der Waals surface area contributed by atoms with Crippen LogP contribution < -0.4 is 15.9 Å². The number of nitrogens with one attached hydrogen (secondary N) is 2. The summed E-state index contributed by atoms with van der Waals surface area (Å²) < 4.78 is 2.50. The Morgan fingerprint density at radius 1 is 1.33 bits per heavy atom. The highest BCUT2D eigenvalue weighted by molar-refractivity contribution is 7.24. The number of rotatable bonds is 6. The van der Waals surface area contributed by atoms with E-state index in [0.717, 1.165) is 29.9 Å². The summed E-state index contributed by atoms with van der Waals surface area (Å²) in [5, 5.41) is 12.8. The number of likely N-dealkylation sites (N-methyl/N-ethyl adjacent to an activating group) is 1. The molecule has 0 spiro atoms. The van der Waals surface area contributed by atoms with Crippen molar-refractivity contribution < 1.29 is 4.90 Å². The third kappa shape index (κ3) is 2.86. The molecule has 0 saturated heterocycles. The summed E-state index contributed by atoms with van der Waals surface area (Å²) in [4.78, 5) is 18.7. The Balaban J connectivity index is 2.02. The molecule has 124 valence electrons. The van der Waals surface area contributed by atoms with E-state index in [9.17, 15) is 10.1 Å². The normalized spacial score (nSPS) is 11.2. The van der Waals surface area contributed by atoms with Gasteiger partial charge in [-0.25, -0.2) is 9.20 Å². The van der Waals surface area contributed by atoms with E-state index in [0.29, 0.717) is 22.8 Å². The first-order chi connectivity index (χ1) is 11.7. The van der Waals surface area contributed by atoms with Gasteiger partial charge in [0.2, 0.25) is 0 Å². The van der Waals surface area contributed by atoms with E-state index in [1.165, 1.54) is 20.6 Å². The van der Waals surface area contributed by atoms with Crippen LogP contribution in [0.2, 0.25) is 0 Å². The van der Waals surface area contributed by atoms with Crippen molar-refractivity contribution in [1.82, 2.24) is 9.38 Å². The summed E-state index contributed by atoms with van der Waals surface area (Å²) >= 11 is 1.45. The molecular weight excluding hydrogens is 322 g/mol. The zero-order valence-corrected chi connectivity index (χ0v) is 14.6. The number of fused-ring (bicyclic) bond motifs is 3. The zero-order valence-electron chi connectivity index (χ0n) is 13.8. The second-order valence-electron chi connectivity index (χ2n) is 5.57. The lowest BCUT2D eigenvalue weighted by Crippen LogP contribution is -3.12. The monoisotopic (exact) mass is 342 g/mol. The van der Waals surface area contributed by atoms with Gasteiger partial charge in [-0.05, 0) is 26.0 Å². The van der Waals surface area contributed by atoms with Crippen molar-refractivity contribution in [3.8, 4) is 6.07 Å². The molecule has 6 nitrogen and oxygen atoms in total. The first kappa shape index (κ1) is 16.4. The lowest BCUT2D eigenvalue weighted by Gasteiger charge is -2.16. The number of benzene rings is 1. The number of nitrogens with zero attached hydrogens (tertiary/aromatic N) is 3. The molecule has 2 N–H and O–H groups in total. The lowest BCUT2D eigenvalue weighted by molar-refractivity contribution is -0.894. The Kier molecular flexibility index (Phi) is 4.79. The standard InChI is InChI=1S/C17H19N5OS/c1-3-21(4-2)10-9-19-15-12(11-18)16-22(17(23)20-15)13-7-5-6-8-14(13)24-16/h5-8H,3-4,9-10H2,1-2H3,(H,19,20,23)/p+1. The Morgan fingerprint density at radius 3 is 2.79 bits per heavy atom. The largest absolute Gasteiger partial charge is 0.363 e. The Morgan fingerprint density at radius 2 is 2.08 bits per heavy atom. The summed E-state index contributed by atoms with van der Waals surface area (Å²) in [5.74, 6) is 0.389. The summed E-state index contributed by atoms with van der Waals surface area (Å²) in [6.45, 7) is 7.99. The number of quaternary nitrogens is 1. The molecule has 2 heterocycles. The minimum Gasteiger partial charge on any atom is -0.363 e. The molecule has 1 aromatic carbocycles. The van der Waals surface area contributed by atoms with Crippen molar-refractivity contribution in [2.24, 2.45) is 0 Å². The first-order valence-corrected chi connectivity index (χ1v) is 8.93. The number of anilines is 1. The van der Waals surface area contributed by atoms with E-state index >= 15 is 0 Å². The van der Waals surface area contributed by atoms with Gasteiger partial charge in [0.05, 0.1) is 36.4 Å². The predicted molar refractivity (Wildman–Crippen MR) is 97.0 cm³/mol. The molecule has 0 radical (unpaired) electrons. The molecule has 3 aromatic rings. The van der Waals surface area contributed by atoms with Crippen LogP contribution in [0.1, 0.15) is 19.4 Å². The fourth-order valence-electron chi connectivity index (χ4n) is 2.83. The third-order valence-electron chi connectivity index (χ3n) is 4.25. The number of hydrogen-bond acceptors (Lipinski definition) is 5. The van der Waals surface area contributed by atoms with E-state index < -0.39 is 0 Å². The lowest BCUT2D eigenvalue weighted by atomic mass is 10.3. The molecule has 24 heavy (non-hydrogen) atoms. The average Bonchev–Trinajstić information content (AvgIpc) is 2.98. The molecule has 0 unspecified atom stereocenters. The zero-order chi connectivity index (χ0) is 17.1. The fourth-order valence-corrected chi connectivity index (χ4v) is 3.96. The van der Waals surface area contributed by atoms with E-state index in [-0.39, 0.29) is 5.69 Å². The van der Waals surface area contributed by atoms with Crippen LogP contribution in [0.15, 0.2) is 29.1 Å². The summed E-state index contributed by atoms with van der Waals surface area (Å²) in [7, 11) is 0. The van der Waals surface area contributed by atoms with Gasteiger partial charge in [-0.2, -0.15) is 10.2 Å². The quantitative estimate of drug-likeness (QED) is 0.704. The van der Waals surface area contributed by atoms with Gasteiger partial charge >= 0.3 is 5.69 Å². The van der Waals surface area contributed by atoms with Crippen molar-refractivity contribution in [3.63, 3.8) is 0 Å². The van der Waals surface area contributed by atoms with Crippen LogP contribution in [-0.4, -0.2) is 35.6 Å². The number of nitriles is 1. The maximum Gasteiger partial charge on any atom is 0.355 e. The molecule has 0 aliphatic carbocycles. The third-order valence-corrected chi connectivity index (χ3v) is 5.39. The summed E-state index contributed by atoms with van der Waals surface area (Å²) in [6.07, 6.45) is 0. The Bertz CT molecular complexity index is 965. The SMILES string of the molecule is CC[NH+](CC)CCNc1nc(=O)n2c(sc3ccccc32)c1C#N. The highest BCUT2D eigenvalue weighted by atomic mass is 32.1. The number of para-hydroxylation sites is 1. The van der Waals surface area contributed by atoms with Crippen LogP contribution in [0.4, 0.5) is 5.82 Å². The summed E-state index contributed by atoms with van der Waals surface area (Å²) in [6, 6.07) is 9.84. The molecule has 0 saturated carbocycles. The van der Waals surface area contributed by atoms with Crippen molar-refractivity contribution >= 4 is 32.2 Å². The van der Waals surface area contributed by atoms with Gasteiger partial charge in [0.25, 0.3) is 0 Å². The fraction of sp³-hybridized carbons (Fsp3) is 0.353. The van der Waals surface area contributed by atoms with Crippen molar-refractivity contribution in [1.29, 1.82) is 5.26 Å². The highest BCUT2D eigenvalue weighted by Gasteiger charge is 2.16. The molecule has 0 fully saturated rings. The van der Waals surface area contributed by atoms with Gasteiger partial charge in [-0.15, -0.1) is 11.3 Å². The van der Waals surface area contributed by atoms with E-state index in [1.807, 2.05) is 24.3 Å². The van der Waals surface area contributed by atoms with E-state index in [1.54, 1.807) is 0 Å². The molecule has 3 rings (SSSR count). The van der Waals surface area contributed by atoms with Crippen molar-refractivity contribution in [2.75, 3.05) is 31.5 Å². The first-order valence-electron chi connectivity index (χ1n) is 8.11. The van der Waals surface area contributed by atoms with E-state index in [4.69, 9.17) is 0 Å². The molecule has 0 bridgehead atoms. The molecular formula is C17H20N5OS+. The minimum absolute atomic E-state index is 0.348. The van der Waals surface area contributed by atoms with Gasteiger partial charge in [0.15, 0.2) is 5.82 Å². The second-order valence-corrected chi connectivity index (χ2v) is 6.60. The maximum absolute atomic E-state index is 12.5. The van der Waals surface area contributed by atoms with Crippen molar-refractivity contribution in [3.05, 3.63) is 40.3 Å². The van der Waals surface area contributed by atoms with Gasteiger partial charge in [-0.3, -0.25) is 0 Å². The van der Waals surface area contributed by atoms with Gasteiger partial charge in [0, 0.05) is 0 Å². The van der Waals surface area contributed by atoms with Gasteiger partial charge in [0.1, 0.15) is 16.5 Å². The maximum atomic E-state index is 12.5. The minimum atomic E-state index is -0.348. The van der Waals surface area contributed by atoms with Crippen LogP contribution in [0.3, 0.4) is 0 Å². The molecule has 0 aliphatic heterocycles.